The number of hydrogen-bond acceptors (Lipinski definition) is 2. The van der Waals surface area contributed by atoms with E-state index < -0.39 is 0 Å². The van der Waals surface area contributed by atoms with Crippen LogP contribution in [0.4, 0.5) is 0 Å². The first-order chi connectivity index (χ1) is 6.47. The number of hydrogen-bond donors (Lipinski definition) is 2. The maximum atomic E-state index is 10.1. The molecule has 14 heavy (non-hydrogen) atoms. The Hall–Kier alpha value is -0.0800. The topological polar surface area (TPSA) is 32.3 Å². The highest BCUT2D eigenvalue weighted by atomic mass is 16.3. The van der Waals surface area contributed by atoms with E-state index in [9.17, 15) is 5.11 Å². The third kappa shape index (κ3) is 1.40. The summed E-state index contributed by atoms with van der Waals surface area (Å²) in [4.78, 5) is 0. The molecule has 1 heterocycles. The smallest absolute Gasteiger partial charge is 0.0594 e. The van der Waals surface area contributed by atoms with E-state index in [1.54, 1.807) is 0 Å². The minimum atomic E-state index is -0.0984. The SMILES string of the molecule is CC1(C)[C@H](O)CC[C@@]2(C)CNCC[C@H]12. The molecule has 3 atom stereocenters. The van der Waals surface area contributed by atoms with Crippen LogP contribution >= 0.6 is 0 Å². The van der Waals surface area contributed by atoms with Gasteiger partial charge < -0.3 is 10.4 Å². The molecular weight excluding hydrogens is 174 g/mol. The molecule has 0 bridgehead atoms. The summed E-state index contributed by atoms with van der Waals surface area (Å²) in [6.07, 6.45) is 3.27. The molecular formula is C12H23NO. The van der Waals surface area contributed by atoms with Crippen molar-refractivity contribution < 1.29 is 5.11 Å². The predicted octanol–water partition coefficient (Wildman–Crippen LogP) is 1.78. The molecule has 2 nitrogen and oxygen atoms in total. The van der Waals surface area contributed by atoms with Gasteiger partial charge in [0.2, 0.25) is 0 Å². The summed E-state index contributed by atoms with van der Waals surface area (Å²) in [5, 5.41) is 13.6. The van der Waals surface area contributed by atoms with Gasteiger partial charge in [-0.15, -0.1) is 0 Å². The molecule has 1 aliphatic carbocycles. The number of aliphatic hydroxyl groups is 1. The lowest BCUT2D eigenvalue weighted by Gasteiger charge is -2.55. The van der Waals surface area contributed by atoms with Crippen molar-refractivity contribution in [2.24, 2.45) is 16.7 Å². The van der Waals surface area contributed by atoms with Crippen molar-refractivity contribution in [1.29, 1.82) is 0 Å². The van der Waals surface area contributed by atoms with Gasteiger partial charge in [0, 0.05) is 6.54 Å². The second kappa shape index (κ2) is 3.21. The minimum Gasteiger partial charge on any atom is -0.393 e. The van der Waals surface area contributed by atoms with Crippen LogP contribution in [0.5, 0.6) is 0 Å². The van der Waals surface area contributed by atoms with Gasteiger partial charge in [-0.05, 0) is 42.6 Å². The molecule has 0 aromatic rings. The van der Waals surface area contributed by atoms with Crippen LogP contribution in [0.15, 0.2) is 0 Å². The number of nitrogens with one attached hydrogen (secondary N) is 1. The Labute approximate surface area is 87.1 Å². The van der Waals surface area contributed by atoms with Crippen LogP contribution in [-0.4, -0.2) is 24.3 Å². The Balaban J connectivity index is 2.26. The molecule has 82 valence electrons. The second-order valence-electron chi connectivity index (χ2n) is 6.05. The van der Waals surface area contributed by atoms with Gasteiger partial charge in [-0.25, -0.2) is 0 Å². The van der Waals surface area contributed by atoms with Crippen molar-refractivity contribution in [3.8, 4) is 0 Å². The van der Waals surface area contributed by atoms with Crippen molar-refractivity contribution in [2.75, 3.05) is 13.1 Å². The maximum Gasteiger partial charge on any atom is 0.0594 e. The normalized spacial score (nSPS) is 47.1. The van der Waals surface area contributed by atoms with E-state index in [1.807, 2.05) is 0 Å². The van der Waals surface area contributed by atoms with E-state index in [4.69, 9.17) is 0 Å². The highest BCUT2D eigenvalue weighted by molar-refractivity contribution is 5.02. The Kier molecular flexibility index (Phi) is 2.39. The number of aliphatic hydroxyl groups excluding tert-OH is 1. The summed E-state index contributed by atoms with van der Waals surface area (Å²) < 4.78 is 0. The summed E-state index contributed by atoms with van der Waals surface area (Å²) in [7, 11) is 0. The molecule has 0 spiro atoms. The molecule has 0 aromatic heterocycles. The van der Waals surface area contributed by atoms with E-state index in [0.717, 1.165) is 19.5 Å². The fourth-order valence-corrected chi connectivity index (χ4v) is 3.70. The fraction of sp³-hybridized carbons (Fsp3) is 1.00. The number of piperidine rings is 1. The molecule has 0 unspecified atom stereocenters. The van der Waals surface area contributed by atoms with E-state index >= 15 is 0 Å². The van der Waals surface area contributed by atoms with Gasteiger partial charge in [0.1, 0.15) is 0 Å². The van der Waals surface area contributed by atoms with Crippen molar-refractivity contribution >= 4 is 0 Å². The number of fused-ring (bicyclic) bond motifs is 1. The van der Waals surface area contributed by atoms with Gasteiger partial charge in [-0.1, -0.05) is 20.8 Å². The molecule has 1 saturated heterocycles. The van der Waals surface area contributed by atoms with E-state index in [0.29, 0.717) is 11.3 Å². The average Bonchev–Trinajstić information content (AvgIpc) is 2.13. The maximum absolute atomic E-state index is 10.1. The third-order valence-electron chi connectivity index (χ3n) is 4.73. The molecule has 1 saturated carbocycles. The van der Waals surface area contributed by atoms with Crippen LogP contribution in [-0.2, 0) is 0 Å². The highest BCUT2D eigenvalue weighted by Gasteiger charge is 2.51. The Morgan fingerprint density at radius 3 is 2.64 bits per heavy atom. The summed E-state index contributed by atoms with van der Waals surface area (Å²) in [6, 6.07) is 0. The number of rotatable bonds is 0. The van der Waals surface area contributed by atoms with Crippen molar-refractivity contribution in [1.82, 2.24) is 5.32 Å². The molecule has 2 aliphatic rings. The molecule has 2 rings (SSSR count). The van der Waals surface area contributed by atoms with E-state index in [1.165, 1.54) is 12.8 Å². The predicted molar refractivity (Wildman–Crippen MR) is 58.1 cm³/mol. The highest BCUT2D eigenvalue weighted by Crippen LogP contribution is 2.53. The zero-order valence-corrected chi connectivity index (χ0v) is 9.64. The first-order valence-corrected chi connectivity index (χ1v) is 5.85. The molecule has 0 aromatic carbocycles. The first-order valence-electron chi connectivity index (χ1n) is 5.85. The molecule has 2 N–H and O–H groups in total. The summed E-state index contributed by atoms with van der Waals surface area (Å²) in [6.45, 7) is 9.12. The summed E-state index contributed by atoms with van der Waals surface area (Å²) >= 11 is 0. The quantitative estimate of drug-likeness (QED) is 0.620. The average molecular weight is 197 g/mol. The van der Waals surface area contributed by atoms with Crippen LogP contribution in [0, 0.1) is 16.7 Å². The van der Waals surface area contributed by atoms with Crippen molar-refractivity contribution in [2.45, 2.75) is 46.1 Å². The summed E-state index contributed by atoms with van der Waals surface area (Å²) in [5.74, 6) is 0.681. The van der Waals surface area contributed by atoms with Crippen molar-refractivity contribution in [3.63, 3.8) is 0 Å². The standard InChI is InChI=1S/C12H23NO/c1-11(2)9-5-7-13-8-12(9,3)6-4-10(11)14/h9-10,13-14H,4-8H2,1-3H3/t9-,10-,12+/m1/s1. The van der Waals surface area contributed by atoms with Gasteiger partial charge in [0.05, 0.1) is 6.10 Å². The molecule has 2 heteroatoms. The van der Waals surface area contributed by atoms with Crippen LogP contribution < -0.4 is 5.32 Å². The van der Waals surface area contributed by atoms with E-state index in [2.05, 4.69) is 26.1 Å². The summed E-state index contributed by atoms with van der Waals surface area (Å²) in [5.41, 5.74) is 0.524. The Morgan fingerprint density at radius 2 is 1.93 bits per heavy atom. The van der Waals surface area contributed by atoms with Crippen LogP contribution in [0.1, 0.15) is 40.0 Å². The second-order valence-corrected chi connectivity index (χ2v) is 6.05. The lowest BCUT2D eigenvalue weighted by molar-refractivity contribution is -0.106. The van der Waals surface area contributed by atoms with Gasteiger partial charge in [0.25, 0.3) is 0 Å². The fourth-order valence-electron chi connectivity index (χ4n) is 3.70. The minimum absolute atomic E-state index is 0.0984. The lowest BCUT2D eigenvalue weighted by atomic mass is 9.53. The molecule has 2 fully saturated rings. The van der Waals surface area contributed by atoms with Gasteiger partial charge >= 0.3 is 0 Å². The first kappa shape index (κ1) is 10.4. The lowest BCUT2D eigenvalue weighted by Crippen LogP contribution is -2.56. The van der Waals surface area contributed by atoms with Crippen LogP contribution in [0.2, 0.25) is 0 Å². The molecule has 0 radical (unpaired) electrons. The molecule has 0 amide bonds. The Morgan fingerprint density at radius 1 is 1.21 bits per heavy atom. The van der Waals surface area contributed by atoms with E-state index in [-0.39, 0.29) is 11.5 Å². The van der Waals surface area contributed by atoms with Gasteiger partial charge in [0.15, 0.2) is 0 Å². The third-order valence-corrected chi connectivity index (χ3v) is 4.73. The zero-order valence-electron chi connectivity index (χ0n) is 9.64. The monoisotopic (exact) mass is 197 g/mol. The van der Waals surface area contributed by atoms with Crippen LogP contribution in [0.25, 0.3) is 0 Å². The largest absolute Gasteiger partial charge is 0.393 e. The Bertz CT molecular complexity index is 222. The zero-order chi connectivity index (χ0) is 10.4. The van der Waals surface area contributed by atoms with Gasteiger partial charge in [-0.2, -0.15) is 0 Å². The van der Waals surface area contributed by atoms with Crippen LogP contribution in [0.3, 0.4) is 0 Å². The van der Waals surface area contributed by atoms with Crippen molar-refractivity contribution in [3.05, 3.63) is 0 Å². The van der Waals surface area contributed by atoms with Gasteiger partial charge in [-0.3, -0.25) is 0 Å². The molecule has 1 aliphatic heterocycles.